The number of nitrogens with one attached hydrogen (secondary N) is 1. The predicted molar refractivity (Wildman–Crippen MR) is 140 cm³/mol. The Morgan fingerprint density at radius 3 is 2.76 bits per heavy atom. The van der Waals surface area contributed by atoms with Crippen LogP contribution in [0.1, 0.15) is 42.1 Å². The number of pyridine rings is 1. The van der Waals surface area contributed by atoms with Gasteiger partial charge in [-0.3, -0.25) is 14.0 Å². The number of aryl methyl sites for hydroxylation is 1. The van der Waals surface area contributed by atoms with Gasteiger partial charge < -0.3 is 15.0 Å². The van der Waals surface area contributed by atoms with Crippen molar-refractivity contribution in [1.29, 1.82) is 0 Å². The molecule has 2 aromatic heterocycles. The molecule has 0 saturated carbocycles. The van der Waals surface area contributed by atoms with Crippen molar-refractivity contribution in [2.75, 3.05) is 36.2 Å². The van der Waals surface area contributed by atoms with E-state index in [0.717, 1.165) is 43.7 Å². The summed E-state index contributed by atoms with van der Waals surface area (Å²) < 4.78 is 32.5. The molecular weight excluding hydrogens is 517 g/mol. The Kier molecular flexibility index (Phi) is 7.66. The minimum absolute atomic E-state index is 0.0216. The first kappa shape index (κ1) is 25.5. The molecule has 0 bridgehead atoms. The monoisotopic (exact) mass is 543 g/mol. The molecule has 1 N–H and O–H groups in total. The lowest BCUT2D eigenvalue weighted by Gasteiger charge is -2.32. The Hall–Kier alpha value is -3.11. The first-order chi connectivity index (χ1) is 17.9. The number of hydrogen-bond donors (Lipinski definition) is 1. The van der Waals surface area contributed by atoms with Crippen molar-refractivity contribution in [2.45, 2.75) is 42.9 Å². The smallest absolute Gasteiger partial charge is 0.309 e. The van der Waals surface area contributed by atoms with Crippen molar-refractivity contribution in [3.63, 3.8) is 0 Å². The molecule has 1 fully saturated rings. The van der Waals surface area contributed by atoms with Gasteiger partial charge in [-0.1, -0.05) is 17.7 Å². The molecule has 0 aliphatic carbocycles. The van der Waals surface area contributed by atoms with Crippen molar-refractivity contribution < 1.29 is 18.1 Å². The number of anilines is 3. The number of carbonyl (C=O) groups excluding carboxylic acids is 1. The summed E-state index contributed by atoms with van der Waals surface area (Å²) in [7, 11) is 0.0183. The second kappa shape index (κ2) is 11.1. The molecular formula is C26H27ClFN5O3S. The quantitative estimate of drug-likeness (QED) is 0.452. The summed E-state index contributed by atoms with van der Waals surface area (Å²) in [5.74, 6) is 0.775. The van der Waals surface area contributed by atoms with E-state index in [-0.39, 0.29) is 12.1 Å². The molecule has 37 heavy (non-hydrogen) atoms. The minimum atomic E-state index is -1.27. The maximum Gasteiger partial charge on any atom is 0.309 e. The number of ether oxygens (including phenoxy) is 1. The van der Waals surface area contributed by atoms with Crippen LogP contribution in [0.5, 0.6) is 0 Å². The van der Waals surface area contributed by atoms with Gasteiger partial charge >= 0.3 is 5.97 Å². The van der Waals surface area contributed by atoms with Gasteiger partial charge in [-0.25, -0.2) is 9.37 Å². The van der Waals surface area contributed by atoms with Gasteiger partial charge in [-0.05, 0) is 55.5 Å². The van der Waals surface area contributed by atoms with Crippen LogP contribution in [0, 0.1) is 5.82 Å². The molecule has 0 spiro atoms. The Labute approximate surface area is 222 Å². The first-order valence-electron chi connectivity index (χ1n) is 12.2. The summed E-state index contributed by atoms with van der Waals surface area (Å²) in [4.78, 5) is 28.2. The molecule has 2 aliphatic heterocycles. The van der Waals surface area contributed by atoms with E-state index in [4.69, 9.17) is 21.6 Å². The molecule has 3 aromatic rings. The lowest BCUT2D eigenvalue weighted by atomic mass is 9.93. The topological polar surface area (TPSA) is 97.3 Å². The number of nitrogens with zero attached hydrogens (tertiary/aromatic N) is 4. The predicted octanol–water partition coefficient (Wildman–Crippen LogP) is 4.56. The minimum Gasteiger partial charge on any atom is -0.469 e. The highest BCUT2D eigenvalue weighted by Crippen LogP contribution is 2.34. The molecule has 4 heterocycles. The highest BCUT2D eigenvalue weighted by molar-refractivity contribution is 7.85. The van der Waals surface area contributed by atoms with E-state index in [1.165, 1.54) is 13.2 Å². The second-order valence-electron chi connectivity index (χ2n) is 9.16. The fraction of sp³-hybridized carbons (Fsp3) is 0.385. The van der Waals surface area contributed by atoms with Crippen molar-refractivity contribution in [1.82, 2.24) is 15.0 Å². The highest BCUT2D eigenvalue weighted by Gasteiger charge is 2.28. The van der Waals surface area contributed by atoms with E-state index in [1.807, 2.05) is 12.1 Å². The number of esters is 1. The summed E-state index contributed by atoms with van der Waals surface area (Å²) in [5.41, 5.74) is 2.46. The van der Waals surface area contributed by atoms with Gasteiger partial charge in [0.15, 0.2) is 5.82 Å². The van der Waals surface area contributed by atoms with E-state index in [1.54, 1.807) is 18.3 Å². The molecule has 194 valence electrons. The Morgan fingerprint density at radius 1 is 1.24 bits per heavy atom. The van der Waals surface area contributed by atoms with Gasteiger partial charge in [-0.2, -0.15) is 4.98 Å². The van der Waals surface area contributed by atoms with Gasteiger partial charge in [0, 0.05) is 36.7 Å². The number of piperidine rings is 1. The Morgan fingerprint density at radius 2 is 2.05 bits per heavy atom. The molecule has 0 amide bonds. The molecule has 1 saturated heterocycles. The maximum atomic E-state index is 14.9. The molecule has 8 nitrogen and oxygen atoms in total. The van der Waals surface area contributed by atoms with Crippen molar-refractivity contribution in [2.24, 2.45) is 0 Å². The van der Waals surface area contributed by atoms with E-state index < -0.39 is 22.6 Å². The largest absolute Gasteiger partial charge is 0.469 e. The average Bonchev–Trinajstić information content (AvgIpc) is 2.90. The van der Waals surface area contributed by atoms with Crippen LogP contribution in [-0.2, 0) is 33.2 Å². The van der Waals surface area contributed by atoms with Crippen LogP contribution >= 0.6 is 11.6 Å². The maximum absolute atomic E-state index is 14.9. The van der Waals surface area contributed by atoms with Gasteiger partial charge in [0.05, 0.1) is 40.7 Å². The summed E-state index contributed by atoms with van der Waals surface area (Å²) >= 11 is 5.98. The molecule has 1 atom stereocenters. The van der Waals surface area contributed by atoms with Gasteiger partial charge in [-0.15, -0.1) is 0 Å². The normalized spacial score (nSPS) is 17.8. The van der Waals surface area contributed by atoms with Crippen molar-refractivity contribution in [3.8, 4) is 0 Å². The second-order valence-corrected chi connectivity index (χ2v) is 11.1. The molecule has 1 aromatic carbocycles. The van der Waals surface area contributed by atoms with Gasteiger partial charge in [0.25, 0.3) is 0 Å². The number of aromatic nitrogens is 3. The summed E-state index contributed by atoms with van der Waals surface area (Å²) in [5, 5.41) is 3.68. The Bertz CT molecular complexity index is 1330. The van der Waals surface area contributed by atoms with Crippen molar-refractivity contribution >= 4 is 45.8 Å². The molecule has 5 rings (SSSR count). The zero-order valence-corrected chi connectivity index (χ0v) is 21.9. The van der Waals surface area contributed by atoms with Crippen LogP contribution in [0.4, 0.5) is 21.8 Å². The zero-order chi connectivity index (χ0) is 25.9. The van der Waals surface area contributed by atoms with Crippen LogP contribution in [0.3, 0.4) is 0 Å². The number of carbonyl (C=O) groups is 1. The summed E-state index contributed by atoms with van der Waals surface area (Å²) in [6.07, 6.45) is 4.90. The molecule has 0 unspecified atom stereocenters. The van der Waals surface area contributed by atoms with E-state index >= 15 is 0 Å². The molecule has 2 aliphatic rings. The average molecular weight is 544 g/mol. The third-order valence-electron chi connectivity index (χ3n) is 6.70. The molecule has 11 heteroatoms. The van der Waals surface area contributed by atoms with Crippen LogP contribution in [-0.4, -0.2) is 51.1 Å². The molecule has 0 radical (unpaired) electrons. The summed E-state index contributed by atoms with van der Waals surface area (Å²) in [6.45, 7) is 1.49. The SMILES string of the molecule is COC(=O)Cc1ccc(Nc2nc(N3CCC(c4ccc(Cl)cn4)CC3)nc3c2[S@](=O)CCC3)c(F)c1. The highest BCUT2D eigenvalue weighted by atomic mass is 35.5. The lowest BCUT2D eigenvalue weighted by Crippen LogP contribution is -2.35. The van der Waals surface area contributed by atoms with Crippen molar-refractivity contribution in [3.05, 3.63) is 64.3 Å². The fourth-order valence-corrected chi connectivity index (χ4v) is 6.18. The number of fused-ring (bicyclic) bond motifs is 1. The van der Waals surface area contributed by atoms with Gasteiger partial charge in [0.2, 0.25) is 5.95 Å². The third kappa shape index (κ3) is 5.75. The number of rotatable bonds is 6. The summed E-state index contributed by atoms with van der Waals surface area (Å²) in [6, 6.07) is 8.34. The van der Waals surface area contributed by atoms with Crippen LogP contribution in [0.15, 0.2) is 41.4 Å². The van der Waals surface area contributed by atoms with Crippen LogP contribution in [0.25, 0.3) is 0 Å². The van der Waals surface area contributed by atoms with E-state index in [0.29, 0.717) is 45.3 Å². The number of halogens is 2. The number of hydrogen-bond acceptors (Lipinski definition) is 8. The number of benzene rings is 1. The van der Waals surface area contributed by atoms with Gasteiger partial charge in [0.1, 0.15) is 10.7 Å². The fourth-order valence-electron chi connectivity index (χ4n) is 4.73. The van der Waals surface area contributed by atoms with Crippen LogP contribution in [0.2, 0.25) is 5.02 Å². The number of methoxy groups -OCH3 is 1. The standard InChI is InChI=1S/C26H27ClFN5O3S/c1-36-23(34)14-16-4-6-21(19(28)13-16)30-25-24-22(3-2-12-37(24)35)31-26(32-25)33-10-8-17(9-11-33)20-7-5-18(27)15-29-20/h4-7,13,15,17H,2-3,8-12,14H2,1H3,(H,30,31,32)/t37-/m1/s1. The van der Waals surface area contributed by atoms with Crippen LogP contribution < -0.4 is 10.2 Å². The van der Waals surface area contributed by atoms with E-state index in [9.17, 15) is 13.4 Å². The zero-order valence-electron chi connectivity index (χ0n) is 20.4. The third-order valence-corrected chi connectivity index (χ3v) is 8.47. The first-order valence-corrected chi connectivity index (χ1v) is 13.9. The Balaban J connectivity index is 1.39. The van der Waals surface area contributed by atoms with E-state index in [2.05, 4.69) is 19.9 Å². The lowest BCUT2D eigenvalue weighted by molar-refractivity contribution is -0.139.